The van der Waals surface area contributed by atoms with Crippen molar-refractivity contribution in [2.75, 3.05) is 6.54 Å². The number of amides is 1. The molecule has 19 heavy (non-hydrogen) atoms. The first kappa shape index (κ1) is 15.8. The smallest absolute Gasteiger partial charge is 0.267 e. The summed E-state index contributed by atoms with van der Waals surface area (Å²) in [6.45, 7) is 12.2. The molecule has 3 N–H and O–H groups in total. The number of aliphatic hydroxyl groups excluding tert-OH is 1. The maximum atomic E-state index is 12.1. The lowest BCUT2D eigenvalue weighted by atomic mass is 9.80. The summed E-state index contributed by atoms with van der Waals surface area (Å²) < 4.78 is 0. The van der Waals surface area contributed by atoms with Crippen molar-refractivity contribution in [1.29, 1.82) is 0 Å². The molecule has 0 radical (unpaired) electrons. The molecule has 0 saturated carbocycles. The highest BCUT2D eigenvalue weighted by Crippen LogP contribution is 2.25. The zero-order valence-electron chi connectivity index (χ0n) is 12.8. The number of nitrogens with one attached hydrogen (secondary N) is 2. The summed E-state index contributed by atoms with van der Waals surface area (Å²) in [5.74, 6) is 0.0519. The van der Waals surface area contributed by atoms with Crippen molar-refractivity contribution in [1.82, 2.24) is 10.3 Å². The van der Waals surface area contributed by atoms with Crippen LogP contribution in [0.25, 0.3) is 0 Å². The Morgan fingerprint density at radius 2 is 2.00 bits per heavy atom. The number of carbonyl (C=O) groups is 1. The second-order valence-electron chi connectivity index (χ2n) is 6.37. The van der Waals surface area contributed by atoms with E-state index in [0.717, 1.165) is 11.3 Å². The molecule has 0 aliphatic heterocycles. The van der Waals surface area contributed by atoms with Crippen LogP contribution in [0.15, 0.2) is 6.07 Å². The standard InChI is InChI=1S/C15H26N2O2/c1-9(2)13(18)15(5,6)8-16-14(19)12-10(3)7-11(4)17-12/h7,9,13,17-18H,8H2,1-6H3,(H,16,19). The molecule has 1 unspecified atom stereocenters. The topological polar surface area (TPSA) is 65.1 Å². The van der Waals surface area contributed by atoms with Crippen molar-refractivity contribution >= 4 is 5.91 Å². The van der Waals surface area contributed by atoms with Gasteiger partial charge < -0.3 is 15.4 Å². The lowest BCUT2D eigenvalue weighted by Gasteiger charge is -2.33. The van der Waals surface area contributed by atoms with Crippen LogP contribution in [0.4, 0.5) is 0 Å². The van der Waals surface area contributed by atoms with Crippen LogP contribution in [0.5, 0.6) is 0 Å². The summed E-state index contributed by atoms with van der Waals surface area (Å²) in [6.07, 6.45) is -0.445. The van der Waals surface area contributed by atoms with E-state index in [0.29, 0.717) is 12.2 Å². The Labute approximate surface area is 115 Å². The van der Waals surface area contributed by atoms with E-state index in [-0.39, 0.29) is 17.2 Å². The van der Waals surface area contributed by atoms with Crippen molar-refractivity contribution in [3.8, 4) is 0 Å². The molecule has 1 aromatic heterocycles. The molecule has 1 heterocycles. The molecule has 1 amide bonds. The molecule has 0 aliphatic carbocycles. The van der Waals surface area contributed by atoms with E-state index in [1.54, 1.807) is 0 Å². The lowest BCUT2D eigenvalue weighted by Crippen LogP contribution is -2.43. The number of carbonyl (C=O) groups excluding carboxylic acids is 1. The highest BCUT2D eigenvalue weighted by molar-refractivity contribution is 5.94. The molecule has 0 fully saturated rings. The van der Waals surface area contributed by atoms with Gasteiger partial charge >= 0.3 is 0 Å². The SMILES string of the molecule is Cc1cc(C)c(C(=O)NCC(C)(C)C(O)C(C)C)[nH]1. The van der Waals surface area contributed by atoms with Gasteiger partial charge in [-0.2, -0.15) is 0 Å². The molecule has 4 nitrogen and oxygen atoms in total. The fourth-order valence-corrected chi connectivity index (χ4v) is 2.37. The molecule has 1 aromatic rings. The average molecular weight is 266 g/mol. The number of aromatic amines is 1. The fourth-order valence-electron chi connectivity index (χ4n) is 2.37. The number of aliphatic hydroxyl groups is 1. The zero-order valence-corrected chi connectivity index (χ0v) is 12.8. The number of aromatic nitrogens is 1. The summed E-state index contributed by atoms with van der Waals surface area (Å²) >= 11 is 0. The van der Waals surface area contributed by atoms with Crippen LogP contribution in [0.3, 0.4) is 0 Å². The van der Waals surface area contributed by atoms with Gasteiger partial charge in [-0.1, -0.05) is 27.7 Å². The minimum absolute atomic E-state index is 0.116. The van der Waals surface area contributed by atoms with E-state index in [4.69, 9.17) is 0 Å². The van der Waals surface area contributed by atoms with Gasteiger partial charge in [-0.3, -0.25) is 4.79 Å². The van der Waals surface area contributed by atoms with Crippen LogP contribution >= 0.6 is 0 Å². The Kier molecular flexibility index (Phi) is 4.80. The second-order valence-corrected chi connectivity index (χ2v) is 6.37. The molecular weight excluding hydrogens is 240 g/mol. The highest BCUT2D eigenvalue weighted by Gasteiger charge is 2.30. The first-order valence-corrected chi connectivity index (χ1v) is 6.77. The molecule has 0 aromatic carbocycles. The average Bonchev–Trinajstić information content (AvgIpc) is 2.64. The van der Waals surface area contributed by atoms with E-state index in [9.17, 15) is 9.90 Å². The third-order valence-corrected chi connectivity index (χ3v) is 3.51. The molecule has 108 valence electrons. The molecule has 0 spiro atoms. The summed E-state index contributed by atoms with van der Waals surface area (Å²) in [6, 6.07) is 1.95. The Morgan fingerprint density at radius 3 is 2.42 bits per heavy atom. The lowest BCUT2D eigenvalue weighted by molar-refractivity contribution is 0.0138. The van der Waals surface area contributed by atoms with Gasteiger partial charge in [0.25, 0.3) is 5.91 Å². The molecule has 1 atom stereocenters. The van der Waals surface area contributed by atoms with Crippen LogP contribution in [0.2, 0.25) is 0 Å². The monoisotopic (exact) mass is 266 g/mol. The predicted octanol–water partition coefficient (Wildman–Crippen LogP) is 2.40. The van der Waals surface area contributed by atoms with E-state index in [1.165, 1.54) is 0 Å². The van der Waals surface area contributed by atoms with E-state index in [1.807, 2.05) is 47.6 Å². The summed E-state index contributed by atoms with van der Waals surface area (Å²) in [5, 5.41) is 13.0. The van der Waals surface area contributed by atoms with Crippen LogP contribution in [0, 0.1) is 25.2 Å². The van der Waals surface area contributed by atoms with Gasteiger partial charge in [-0.15, -0.1) is 0 Å². The van der Waals surface area contributed by atoms with Crippen LogP contribution in [-0.2, 0) is 0 Å². The van der Waals surface area contributed by atoms with E-state index in [2.05, 4.69) is 10.3 Å². The number of hydrogen-bond acceptors (Lipinski definition) is 2. The van der Waals surface area contributed by atoms with Crippen LogP contribution < -0.4 is 5.32 Å². The first-order valence-electron chi connectivity index (χ1n) is 6.77. The molecule has 0 aliphatic rings. The normalized spacial score (nSPS) is 13.7. The van der Waals surface area contributed by atoms with Crippen molar-refractivity contribution in [3.05, 3.63) is 23.0 Å². The van der Waals surface area contributed by atoms with Crippen molar-refractivity contribution in [2.45, 2.75) is 47.6 Å². The third kappa shape index (κ3) is 3.83. The molecule has 0 bridgehead atoms. The quantitative estimate of drug-likeness (QED) is 0.766. The molecule has 0 saturated heterocycles. The van der Waals surface area contributed by atoms with Crippen molar-refractivity contribution in [2.24, 2.45) is 11.3 Å². The Balaban J connectivity index is 2.67. The highest BCUT2D eigenvalue weighted by atomic mass is 16.3. The zero-order chi connectivity index (χ0) is 14.8. The van der Waals surface area contributed by atoms with E-state index < -0.39 is 6.10 Å². The van der Waals surface area contributed by atoms with Gasteiger partial charge in [0.15, 0.2) is 0 Å². The van der Waals surface area contributed by atoms with Crippen molar-refractivity contribution < 1.29 is 9.90 Å². The summed E-state index contributed by atoms with van der Waals surface area (Å²) in [4.78, 5) is 15.2. The van der Waals surface area contributed by atoms with Crippen molar-refractivity contribution in [3.63, 3.8) is 0 Å². The minimum Gasteiger partial charge on any atom is -0.392 e. The summed E-state index contributed by atoms with van der Waals surface area (Å²) in [7, 11) is 0. The van der Waals surface area contributed by atoms with Gasteiger partial charge in [0.2, 0.25) is 0 Å². The Bertz CT molecular complexity index is 447. The third-order valence-electron chi connectivity index (χ3n) is 3.51. The molecule has 4 heteroatoms. The molecular formula is C15H26N2O2. The molecule has 1 rings (SSSR count). The first-order chi connectivity index (χ1) is 8.65. The van der Waals surface area contributed by atoms with Gasteiger partial charge in [0, 0.05) is 17.7 Å². The number of rotatable bonds is 5. The van der Waals surface area contributed by atoms with E-state index >= 15 is 0 Å². The maximum Gasteiger partial charge on any atom is 0.267 e. The van der Waals surface area contributed by atoms with Crippen LogP contribution in [-0.4, -0.2) is 28.6 Å². The van der Waals surface area contributed by atoms with Crippen LogP contribution in [0.1, 0.15) is 49.4 Å². The fraction of sp³-hybridized carbons (Fsp3) is 0.667. The predicted molar refractivity (Wildman–Crippen MR) is 77.2 cm³/mol. The minimum atomic E-state index is -0.445. The Morgan fingerprint density at radius 1 is 1.42 bits per heavy atom. The summed E-state index contributed by atoms with van der Waals surface area (Å²) in [5.41, 5.74) is 2.17. The van der Waals surface area contributed by atoms with Gasteiger partial charge in [0.1, 0.15) is 5.69 Å². The van der Waals surface area contributed by atoms with Gasteiger partial charge in [-0.25, -0.2) is 0 Å². The maximum absolute atomic E-state index is 12.1. The largest absolute Gasteiger partial charge is 0.392 e. The number of H-pyrrole nitrogens is 1. The van der Waals surface area contributed by atoms with Gasteiger partial charge in [0.05, 0.1) is 6.10 Å². The van der Waals surface area contributed by atoms with Gasteiger partial charge in [-0.05, 0) is 31.4 Å². The second kappa shape index (κ2) is 5.78. The number of aryl methyl sites for hydroxylation is 2. The number of hydrogen-bond donors (Lipinski definition) is 3. The Hall–Kier alpha value is -1.29.